The summed E-state index contributed by atoms with van der Waals surface area (Å²) >= 11 is 0. The Hall–Kier alpha value is -2.57. The van der Waals surface area contributed by atoms with Crippen molar-refractivity contribution in [2.75, 3.05) is 7.11 Å². The SMILES string of the molecule is COc1ccc(C2(NC(=O)c3ccnc(C(F)(F)F)c3)CC2)cc1. The third kappa shape index (κ3) is 3.20. The van der Waals surface area contributed by atoms with E-state index in [1.807, 2.05) is 12.1 Å². The zero-order valence-corrected chi connectivity index (χ0v) is 12.9. The zero-order chi connectivity index (χ0) is 17.4. The van der Waals surface area contributed by atoms with Crippen LogP contribution in [0.2, 0.25) is 0 Å². The van der Waals surface area contributed by atoms with Gasteiger partial charge in [0.05, 0.1) is 12.6 Å². The Kier molecular flexibility index (Phi) is 3.95. The Bertz CT molecular complexity index is 753. The predicted molar refractivity (Wildman–Crippen MR) is 80.6 cm³/mol. The summed E-state index contributed by atoms with van der Waals surface area (Å²) in [4.78, 5) is 15.6. The number of methoxy groups -OCH3 is 1. The van der Waals surface area contributed by atoms with Crippen LogP contribution in [0.1, 0.15) is 34.5 Å². The van der Waals surface area contributed by atoms with Crippen LogP contribution in [0.4, 0.5) is 13.2 Å². The average molecular weight is 336 g/mol. The van der Waals surface area contributed by atoms with E-state index in [0.717, 1.165) is 30.7 Å². The van der Waals surface area contributed by atoms with Gasteiger partial charge in [-0.25, -0.2) is 0 Å². The summed E-state index contributed by atoms with van der Waals surface area (Å²) < 4.78 is 43.2. The average Bonchev–Trinajstić information content (AvgIpc) is 3.35. The Balaban J connectivity index is 1.79. The summed E-state index contributed by atoms with van der Waals surface area (Å²) in [5.74, 6) is 0.154. The van der Waals surface area contributed by atoms with Crippen molar-refractivity contribution >= 4 is 5.91 Å². The van der Waals surface area contributed by atoms with Crippen LogP contribution >= 0.6 is 0 Å². The maximum Gasteiger partial charge on any atom is 0.433 e. The molecule has 126 valence electrons. The van der Waals surface area contributed by atoms with E-state index >= 15 is 0 Å². The summed E-state index contributed by atoms with van der Waals surface area (Å²) in [5.41, 5.74) is -0.756. The van der Waals surface area contributed by atoms with E-state index in [1.165, 1.54) is 6.07 Å². The molecule has 0 atom stereocenters. The van der Waals surface area contributed by atoms with Crippen molar-refractivity contribution in [2.45, 2.75) is 24.6 Å². The molecule has 24 heavy (non-hydrogen) atoms. The number of halogens is 3. The van der Waals surface area contributed by atoms with E-state index in [1.54, 1.807) is 19.2 Å². The smallest absolute Gasteiger partial charge is 0.433 e. The monoisotopic (exact) mass is 336 g/mol. The van der Waals surface area contributed by atoms with Gasteiger partial charge in [0.2, 0.25) is 0 Å². The number of carbonyl (C=O) groups excluding carboxylic acids is 1. The third-order valence-corrected chi connectivity index (χ3v) is 4.06. The molecular weight excluding hydrogens is 321 g/mol. The van der Waals surface area contributed by atoms with E-state index in [4.69, 9.17) is 4.74 Å². The first kappa shape index (κ1) is 16.3. The Labute approximate surface area is 136 Å². The van der Waals surface area contributed by atoms with E-state index < -0.39 is 23.3 Å². The molecular formula is C17H15F3N2O2. The second-order valence-electron chi connectivity index (χ2n) is 5.69. The normalized spacial score (nSPS) is 15.7. The molecule has 0 radical (unpaired) electrons. The molecule has 7 heteroatoms. The number of benzene rings is 1. The van der Waals surface area contributed by atoms with Crippen LogP contribution in [-0.2, 0) is 11.7 Å². The van der Waals surface area contributed by atoms with Crippen molar-refractivity contribution in [1.29, 1.82) is 0 Å². The van der Waals surface area contributed by atoms with Crippen LogP contribution in [0.15, 0.2) is 42.6 Å². The fourth-order valence-electron chi connectivity index (χ4n) is 2.54. The minimum Gasteiger partial charge on any atom is -0.497 e. The van der Waals surface area contributed by atoms with Crippen LogP contribution in [-0.4, -0.2) is 18.0 Å². The number of nitrogens with zero attached hydrogens (tertiary/aromatic N) is 1. The lowest BCUT2D eigenvalue weighted by Gasteiger charge is -2.18. The van der Waals surface area contributed by atoms with Gasteiger partial charge >= 0.3 is 6.18 Å². The van der Waals surface area contributed by atoms with Gasteiger partial charge in [0.25, 0.3) is 5.91 Å². The Morgan fingerprint density at radius 1 is 1.21 bits per heavy atom. The van der Waals surface area contributed by atoms with Crippen molar-refractivity contribution in [2.24, 2.45) is 0 Å². The minimum absolute atomic E-state index is 0.0582. The van der Waals surface area contributed by atoms with Crippen molar-refractivity contribution in [3.63, 3.8) is 0 Å². The van der Waals surface area contributed by atoms with Crippen LogP contribution < -0.4 is 10.1 Å². The van der Waals surface area contributed by atoms with Crippen molar-refractivity contribution < 1.29 is 22.7 Å². The highest BCUT2D eigenvalue weighted by Gasteiger charge is 2.46. The van der Waals surface area contributed by atoms with Gasteiger partial charge in [0.1, 0.15) is 11.4 Å². The minimum atomic E-state index is -4.58. The molecule has 1 amide bonds. The summed E-state index contributed by atoms with van der Waals surface area (Å²) in [6.07, 6.45) is -2.11. The van der Waals surface area contributed by atoms with Gasteiger partial charge in [-0.3, -0.25) is 9.78 Å². The van der Waals surface area contributed by atoms with Crippen LogP contribution in [0.5, 0.6) is 5.75 Å². The number of rotatable bonds is 4. The fourth-order valence-corrected chi connectivity index (χ4v) is 2.54. The molecule has 2 aromatic rings. The largest absolute Gasteiger partial charge is 0.497 e. The highest BCUT2D eigenvalue weighted by Crippen LogP contribution is 2.46. The summed E-state index contributed by atoms with van der Waals surface area (Å²) in [6.45, 7) is 0. The van der Waals surface area contributed by atoms with Gasteiger partial charge in [0.15, 0.2) is 0 Å². The molecule has 1 aromatic heterocycles. The highest BCUT2D eigenvalue weighted by molar-refractivity contribution is 5.95. The Morgan fingerprint density at radius 2 is 1.88 bits per heavy atom. The molecule has 1 saturated carbocycles. The van der Waals surface area contributed by atoms with Crippen molar-refractivity contribution in [3.05, 3.63) is 59.4 Å². The first-order chi connectivity index (χ1) is 11.3. The van der Waals surface area contributed by atoms with Crippen LogP contribution in [0, 0.1) is 0 Å². The molecule has 0 bridgehead atoms. The van der Waals surface area contributed by atoms with Gasteiger partial charge in [0, 0.05) is 11.8 Å². The molecule has 1 fully saturated rings. The van der Waals surface area contributed by atoms with E-state index in [2.05, 4.69) is 10.3 Å². The van der Waals surface area contributed by atoms with Crippen molar-refractivity contribution in [1.82, 2.24) is 10.3 Å². The molecule has 1 aromatic carbocycles. The maximum atomic E-state index is 12.7. The predicted octanol–water partition coefficient (Wildman–Crippen LogP) is 3.53. The number of carbonyl (C=O) groups is 1. The lowest BCUT2D eigenvalue weighted by molar-refractivity contribution is -0.141. The number of nitrogens with one attached hydrogen (secondary N) is 1. The number of aromatic nitrogens is 1. The van der Waals surface area contributed by atoms with Gasteiger partial charge in [-0.1, -0.05) is 12.1 Å². The Morgan fingerprint density at radius 3 is 2.42 bits per heavy atom. The quantitative estimate of drug-likeness (QED) is 0.929. The molecule has 0 spiro atoms. The molecule has 0 unspecified atom stereocenters. The summed E-state index contributed by atoms with van der Waals surface area (Å²) in [7, 11) is 1.56. The molecule has 1 N–H and O–H groups in total. The summed E-state index contributed by atoms with van der Waals surface area (Å²) in [6, 6.07) is 9.30. The highest BCUT2D eigenvalue weighted by atomic mass is 19.4. The van der Waals surface area contributed by atoms with E-state index in [9.17, 15) is 18.0 Å². The molecule has 0 aliphatic heterocycles. The number of pyridine rings is 1. The van der Waals surface area contributed by atoms with Crippen LogP contribution in [0.3, 0.4) is 0 Å². The van der Waals surface area contributed by atoms with Gasteiger partial charge in [-0.05, 0) is 42.7 Å². The van der Waals surface area contributed by atoms with Crippen molar-refractivity contribution in [3.8, 4) is 5.75 Å². The standard InChI is InChI=1S/C17H15F3N2O2/c1-24-13-4-2-12(3-5-13)16(7-8-16)22-15(23)11-6-9-21-14(10-11)17(18,19)20/h2-6,9-10H,7-8H2,1H3,(H,22,23). The number of hydrogen-bond acceptors (Lipinski definition) is 3. The maximum absolute atomic E-state index is 12.7. The number of hydrogen-bond donors (Lipinski definition) is 1. The number of alkyl halides is 3. The third-order valence-electron chi connectivity index (χ3n) is 4.06. The number of ether oxygens (including phenoxy) is 1. The van der Waals surface area contributed by atoms with E-state index in [-0.39, 0.29) is 5.56 Å². The first-order valence-electron chi connectivity index (χ1n) is 7.34. The molecule has 1 aliphatic rings. The number of amides is 1. The second-order valence-corrected chi connectivity index (χ2v) is 5.69. The van der Waals surface area contributed by atoms with Gasteiger partial charge in [-0.2, -0.15) is 13.2 Å². The fraction of sp³-hybridized carbons (Fsp3) is 0.294. The molecule has 4 nitrogen and oxygen atoms in total. The molecule has 3 rings (SSSR count). The second kappa shape index (κ2) is 5.81. The van der Waals surface area contributed by atoms with E-state index in [0.29, 0.717) is 5.75 Å². The molecule has 1 heterocycles. The van der Waals surface area contributed by atoms with Gasteiger partial charge < -0.3 is 10.1 Å². The zero-order valence-electron chi connectivity index (χ0n) is 12.9. The lowest BCUT2D eigenvalue weighted by Crippen LogP contribution is -2.35. The summed E-state index contributed by atoms with van der Waals surface area (Å²) in [5, 5.41) is 2.84. The topological polar surface area (TPSA) is 51.2 Å². The first-order valence-corrected chi connectivity index (χ1v) is 7.34. The van der Waals surface area contributed by atoms with Crippen LogP contribution in [0.25, 0.3) is 0 Å². The van der Waals surface area contributed by atoms with Gasteiger partial charge in [-0.15, -0.1) is 0 Å². The molecule has 0 saturated heterocycles. The molecule has 1 aliphatic carbocycles. The lowest BCUT2D eigenvalue weighted by atomic mass is 10.0.